The number of nitrogens with one attached hydrogen (secondary N) is 2. The van der Waals surface area contributed by atoms with Crippen molar-refractivity contribution in [2.45, 2.75) is 32.4 Å². The van der Waals surface area contributed by atoms with Gasteiger partial charge >= 0.3 is 6.03 Å². The highest BCUT2D eigenvalue weighted by atomic mass is 16.2. The zero-order chi connectivity index (χ0) is 16.9. The number of urea groups is 1. The van der Waals surface area contributed by atoms with E-state index in [1.54, 1.807) is 10.9 Å². The number of carbonyl (C=O) groups is 1. The molecule has 1 atom stereocenters. The Morgan fingerprint density at radius 3 is 2.75 bits per heavy atom. The third kappa shape index (κ3) is 3.81. The number of hydrogen-bond donors (Lipinski definition) is 2. The maximum Gasteiger partial charge on any atom is 0.315 e. The van der Waals surface area contributed by atoms with Crippen LogP contribution in [0.2, 0.25) is 0 Å². The molecule has 0 radical (unpaired) electrons. The van der Waals surface area contributed by atoms with E-state index >= 15 is 0 Å². The van der Waals surface area contributed by atoms with Crippen LogP contribution in [0.4, 0.5) is 10.6 Å². The molecule has 2 aromatic heterocycles. The summed E-state index contributed by atoms with van der Waals surface area (Å²) < 4.78 is 1.78. The lowest BCUT2D eigenvalue weighted by molar-refractivity contribution is 0.237. The van der Waals surface area contributed by atoms with Crippen LogP contribution in [-0.4, -0.2) is 38.9 Å². The number of anilines is 1. The molecule has 0 bridgehead atoms. The molecule has 1 fully saturated rings. The first-order chi connectivity index (χ1) is 11.6. The van der Waals surface area contributed by atoms with Crippen molar-refractivity contribution in [3.8, 4) is 0 Å². The lowest BCUT2D eigenvalue weighted by Crippen LogP contribution is -2.37. The van der Waals surface area contributed by atoms with Crippen LogP contribution in [-0.2, 0) is 13.6 Å². The van der Waals surface area contributed by atoms with Gasteiger partial charge < -0.3 is 20.1 Å². The van der Waals surface area contributed by atoms with Gasteiger partial charge in [-0.25, -0.2) is 9.78 Å². The van der Waals surface area contributed by atoms with E-state index in [9.17, 15) is 4.79 Å². The molecule has 2 amide bonds. The lowest BCUT2D eigenvalue weighted by Gasteiger charge is -2.16. The zero-order valence-electron chi connectivity index (χ0n) is 14.1. The van der Waals surface area contributed by atoms with Crippen molar-refractivity contribution < 1.29 is 4.79 Å². The zero-order valence-corrected chi connectivity index (χ0v) is 14.1. The highest BCUT2D eigenvalue weighted by molar-refractivity contribution is 5.74. The predicted molar refractivity (Wildman–Crippen MR) is 90.5 cm³/mol. The van der Waals surface area contributed by atoms with Crippen LogP contribution in [0.5, 0.6) is 0 Å². The largest absolute Gasteiger partial charge is 0.357 e. The van der Waals surface area contributed by atoms with E-state index in [4.69, 9.17) is 0 Å². The number of aromatic nitrogens is 4. The average molecular weight is 329 g/mol. The van der Waals surface area contributed by atoms with Crippen LogP contribution in [0.15, 0.2) is 24.7 Å². The molecule has 3 rings (SSSR count). The molecule has 8 heteroatoms. The van der Waals surface area contributed by atoms with Crippen molar-refractivity contribution in [3.63, 3.8) is 0 Å². The molecule has 8 nitrogen and oxygen atoms in total. The molecule has 1 aliphatic rings. The minimum atomic E-state index is -0.242. The van der Waals surface area contributed by atoms with Crippen molar-refractivity contribution in [3.05, 3.63) is 36.0 Å². The Kier molecular flexibility index (Phi) is 4.93. The Bertz CT molecular complexity index is 676. The SMILES string of the molecule is C[C@@H](NC(=O)NCc1ccc(N2CCCC2)nc1)c1nncn1C. The summed E-state index contributed by atoms with van der Waals surface area (Å²) in [5, 5.41) is 13.5. The van der Waals surface area contributed by atoms with Gasteiger partial charge in [0.05, 0.1) is 6.04 Å². The van der Waals surface area contributed by atoms with Crippen LogP contribution in [0, 0.1) is 0 Å². The van der Waals surface area contributed by atoms with E-state index in [2.05, 4.69) is 30.7 Å². The molecule has 0 aromatic carbocycles. The van der Waals surface area contributed by atoms with Crippen molar-refractivity contribution in [1.29, 1.82) is 0 Å². The second kappa shape index (κ2) is 7.29. The van der Waals surface area contributed by atoms with Gasteiger partial charge in [0.1, 0.15) is 12.1 Å². The van der Waals surface area contributed by atoms with Gasteiger partial charge in [-0.2, -0.15) is 0 Å². The highest BCUT2D eigenvalue weighted by Gasteiger charge is 2.15. The van der Waals surface area contributed by atoms with Crippen LogP contribution < -0.4 is 15.5 Å². The van der Waals surface area contributed by atoms with Crippen molar-refractivity contribution in [2.75, 3.05) is 18.0 Å². The Labute approximate surface area is 141 Å². The van der Waals surface area contributed by atoms with Crippen molar-refractivity contribution >= 4 is 11.8 Å². The Balaban J connectivity index is 1.48. The summed E-state index contributed by atoms with van der Waals surface area (Å²) >= 11 is 0. The molecule has 0 unspecified atom stereocenters. The maximum atomic E-state index is 12.0. The fraction of sp³-hybridized carbons (Fsp3) is 0.500. The minimum absolute atomic E-state index is 0.215. The van der Waals surface area contributed by atoms with Crippen LogP contribution >= 0.6 is 0 Å². The van der Waals surface area contributed by atoms with E-state index in [0.717, 1.165) is 24.5 Å². The van der Waals surface area contributed by atoms with Crippen molar-refractivity contribution in [1.82, 2.24) is 30.4 Å². The van der Waals surface area contributed by atoms with Gasteiger partial charge in [-0.3, -0.25) is 0 Å². The van der Waals surface area contributed by atoms with Gasteiger partial charge in [-0.05, 0) is 31.4 Å². The van der Waals surface area contributed by atoms with Crippen LogP contribution in [0.25, 0.3) is 0 Å². The summed E-state index contributed by atoms with van der Waals surface area (Å²) in [6.45, 7) is 4.46. The second-order valence-electron chi connectivity index (χ2n) is 6.07. The van der Waals surface area contributed by atoms with Crippen molar-refractivity contribution in [2.24, 2.45) is 7.05 Å². The molecule has 2 aromatic rings. The summed E-state index contributed by atoms with van der Waals surface area (Å²) in [6.07, 6.45) is 5.89. The number of pyridine rings is 1. The molecule has 0 saturated carbocycles. The number of amides is 2. The molecule has 1 aliphatic heterocycles. The average Bonchev–Trinajstić information content (AvgIpc) is 3.25. The molecule has 24 heavy (non-hydrogen) atoms. The van der Waals surface area contributed by atoms with Gasteiger partial charge in [0.2, 0.25) is 0 Å². The molecule has 2 N–H and O–H groups in total. The molecular weight excluding hydrogens is 306 g/mol. The monoisotopic (exact) mass is 329 g/mol. The van der Waals surface area contributed by atoms with E-state index in [1.165, 1.54) is 12.8 Å². The summed E-state index contributed by atoms with van der Waals surface area (Å²) in [4.78, 5) is 18.8. The lowest BCUT2D eigenvalue weighted by atomic mass is 10.2. The molecule has 3 heterocycles. The fourth-order valence-electron chi connectivity index (χ4n) is 2.83. The third-order valence-electron chi connectivity index (χ3n) is 4.17. The quantitative estimate of drug-likeness (QED) is 0.865. The van der Waals surface area contributed by atoms with Gasteiger partial charge in [-0.1, -0.05) is 6.07 Å². The third-order valence-corrected chi connectivity index (χ3v) is 4.17. The highest BCUT2D eigenvalue weighted by Crippen LogP contribution is 2.17. The number of nitrogens with zero attached hydrogens (tertiary/aromatic N) is 5. The summed E-state index contributed by atoms with van der Waals surface area (Å²) in [7, 11) is 1.85. The molecule has 1 saturated heterocycles. The number of hydrogen-bond acceptors (Lipinski definition) is 5. The predicted octanol–water partition coefficient (Wildman–Crippen LogP) is 1.37. The summed E-state index contributed by atoms with van der Waals surface area (Å²) in [5.41, 5.74) is 0.972. The van der Waals surface area contributed by atoms with Crippen LogP contribution in [0.1, 0.15) is 37.2 Å². The molecule has 0 spiro atoms. The summed E-state index contributed by atoms with van der Waals surface area (Å²) in [5.74, 6) is 1.72. The Morgan fingerprint density at radius 1 is 1.33 bits per heavy atom. The fourth-order valence-corrected chi connectivity index (χ4v) is 2.83. The number of aryl methyl sites for hydroxylation is 1. The normalized spacial score (nSPS) is 15.3. The maximum absolute atomic E-state index is 12.0. The van der Waals surface area contributed by atoms with Gasteiger partial charge in [0.25, 0.3) is 0 Å². The first-order valence-corrected chi connectivity index (χ1v) is 8.21. The van der Waals surface area contributed by atoms with E-state index in [0.29, 0.717) is 12.4 Å². The molecule has 128 valence electrons. The topological polar surface area (TPSA) is 88.0 Å². The standard InChI is InChI=1S/C16H23N7O/c1-12(15-21-19-11-22(15)2)20-16(24)18-10-13-5-6-14(17-9-13)23-7-3-4-8-23/h5-6,9,11-12H,3-4,7-8,10H2,1-2H3,(H2,18,20,24)/t12-/m1/s1. The van der Waals surface area contributed by atoms with Gasteiger partial charge in [0, 0.05) is 32.9 Å². The Hall–Kier alpha value is -2.64. The smallest absolute Gasteiger partial charge is 0.315 e. The van der Waals surface area contributed by atoms with E-state index < -0.39 is 0 Å². The minimum Gasteiger partial charge on any atom is -0.357 e. The Morgan fingerprint density at radius 2 is 2.12 bits per heavy atom. The molecular formula is C16H23N7O. The number of rotatable bonds is 5. The van der Waals surface area contributed by atoms with E-state index in [-0.39, 0.29) is 12.1 Å². The van der Waals surface area contributed by atoms with Crippen LogP contribution in [0.3, 0.4) is 0 Å². The first kappa shape index (κ1) is 16.2. The summed E-state index contributed by atoms with van der Waals surface area (Å²) in [6, 6.07) is 3.57. The van der Waals surface area contributed by atoms with Gasteiger partial charge in [-0.15, -0.1) is 10.2 Å². The second-order valence-corrected chi connectivity index (χ2v) is 6.07. The first-order valence-electron chi connectivity index (χ1n) is 8.21. The number of carbonyl (C=O) groups excluding carboxylic acids is 1. The van der Waals surface area contributed by atoms with Gasteiger partial charge in [0.15, 0.2) is 5.82 Å². The molecule has 0 aliphatic carbocycles. The van der Waals surface area contributed by atoms with E-state index in [1.807, 2.05) is 32.3 Å².